The second-order valence-corrected chi connectivity index (χ2v) is 8.41. The van der Waals surface area contributed by atoms with E-state index in [2.05, 4.69) is 15.2 Å². The largest absolute Gasteiger partial charge is 0.495 e. The standard InChI is InChI=1S/C20H18F3N5O5S/c1-33-16-8-3-2-7-15(16)27-34(31,32)14-6-4-5-13(11-14)19(30)25-24-18(29)12-28-10-9-17(26-28)20(21,22)23/h2-11,27H,12H2,1H3,(H,24,29)(H,25,30). The van der Waals surface area contributed by atoms with E-state index in [9.17, 15) is 31.2 Å². The van der Waals surface area contributed by atoms with E-state index in [1.54, 1.807) is 18.2 Å². The lowest BCUT2D eigenvalue weighted by Gasteiger charge is -2.12. The minimum absolute atomic E-state index is 0.0957. The minimum Gasteiger partial charge on any atom is -0.495 e. The normalized spacial score (nSPS) is 11.5. The number of halogens is 3. The fourth-order valence-corrected chi connectivity index (χ4v) is 3.84. The van der Waals surface area contributed by atoms with Crippen LogP contribution >= 0.6 is 0 Å². The van der Waals surface area contributed by atoms with Gasteiger partial charge in [-0.15, -0.1) is 0 Å². The molecular weight excluding hydrogens is 479 g/mol. The molecule has 0 radical (unpaired) electrons. The van der Waals surface area contributed by atoms with Gasteiger partial charge in [0, 0.05) is 11.8 Å². The number of nitrogens with zero attached hydrogens (tertiary/aromatic N) is 2. The molecule has 3 aromatic rings. The summed E-state index contributed by atoms with van der Waals surface area (Å²) in [5.74, 6) is -1.41. The van der Waals surface area contributed by atoms with Crippen LogP contribution in [0.3, 0.4) is 0 Å². The van der Waals surface area contributed by atoms with Crippen molar-refractivity contribution in [3.8, 4) is 5.75 Å². The summed E-state index contributed by atoms with van der Waals surface area (Å²) >= 11 is 0. The molecule has 180 valence electrons. The zero-order valence-corrected chi connectivity index (χ0v) is 18.3. The molecule has 0 aliphatic rings. The molecule has 1 heterocycles. The first-order chi connectivity index (χ1) is 16.0. The molecule has 0 saturated heterocycles. The van der Waals surface area contributed by atoms with Crippen molar-refractivity contribution in [2.24, 2.45) is 0 Å². The Morgan fingerprint density at radius 3 is 2.47 bits per heavy atom. The zero-order chi connectivity index (χ0) is 24.9. The summed E-state index contributed by atoms with van der Waals surface area (Å²) in [4.78, 5) is 24.0. The number of hydrazine groups is 1. The van der Waals surface area contributed by atoms with Gasteiger partial charge in [-0.2, -0.15) is 18.3 Å². The second-order valence-electron chi connectivity index (χ2n) is 6.73. The molecule has 0 saturated carbocycles. The lowest BCUT2D eigenvalue weighted by molar-refractivity contribution is -0.141. The summed E-state index contributed by atoms with van der Waals surface area (Å²) in [6, 6.07) is 12.0. The van der Waals surface area contributed by atoms with E-state index in [4.69, 9.17) is 4.74 Å². The third kappa shape index (κ3) is 6.04. The van der Waals surface area contributed by atoms with E-state index < -0.39 is 40.3 Å². The van der Waals surface area contributed by atoms with Gasteiger partial charge in [0.25, 0.3) is 21.8 Å². The SMILES string of the molecule is COc1ccccc1NS(=O)(=O)c1cccc(C(=O)NNC(=O)Cn2ccc(C(F)(F)F)n2)c1. The van der Waals surface area contributed by atoms with Crippen molar-refractivity contribution in [2.45, 2.75) is 17.6 Å². The van der Waals surface area contributed by atoms with Crippen molar-refractivity contribution in [1.29, 1.82) is 0 Å². The Hall–Kier alpha value is -4.07. The highest BCUT2D eigenvalue weighted by Crippen LogP contribution is 2.27. The first-order valence-corrected chi connectivity index (χ1v) is 10.9. The number of rotatable bonds is 7. The smallest absolute Gasteiger partial charge is 0.435 e. The third-order valence-electron chi connectivity index (χ3n) is 4.31. The highest BCUT2D eigenvalue weighted by molar-refractivity contribution is 7.92. The van der Waals surface area contributed by atoms with Crippen molar-refractivity contribution in [2.75, 3.05) is 11.8 Å². The zero-order valence-electron chi connectivity index (χ0n) is 17.5. The number of carbonyl (C=O) groups excluding carboxylic acids is 2. The second kappa shape index (κ2) is 9.82. The van der Waals surface area contributed by atoms with Crippen LogP contribution in [-0.2, 0) is 27.5 Å². The highest BCUT2D eigenvalue weighted by Gasteiger charge is 2.33. The Kier molecular flexibility index (Phi) is 7.10. The molecule has 2 amide bonds. The number of sulfonamides is 1. The van der Waals surface area contributed by atoms with E-state index in [1.807, 2.05) is 5.43 Å². The van der Waals surface area contributed by atoms with E-state index in [1.165, 1.54) is 31.4 Å². The summed E-state index contributed by atoms with van der Waals surface area (Å²) in [5, 5.41) is 3.23. The number of ether oxygens (including phenoxy) is 1. The van der Waals surface area contributed by atoms with Gasteiger partial charge in [0.1, 0.15) is 12.3 Å². The number of alkyl halides is 3. The minimum atomic E-state index is -4.65. The van der Waals surface area contributed by atoms with Gasteiger partial charge in [-0.3, -0.25) is 29.8 Å². The molecule has 0 atom stereocenters. The summed E-state index contributed by atoms with van der Waals surface area (Å²) in [6.45, 7) is -0.590. The van der Waals surface area contributed by atoms with E-state index >= 15 is 0 Å². The molecule has 1 aromatic heterocycles. The van der Waals surface area contributed by atoms with Crippen LogP contribution < -0.4 is 20.3 Å². The van der Waals surface area contributed by atoms with Crippen LogP contribution in [0.1, 0.15) is 16.1 Å². The maximum Gasteiger partial charge on any atom is 0.435 e. The van der Waals surface area contributed by atoms with E-state index in [0.29, 0.717) is 11.8 Å². The van der Waals surface area contributed by atoms with Gasteiger partial charge in [0.15, 0.2) is 5.69 Å². The van der Waals surface area contributed by atoms with Crippen LogP contribution in [0.25, 0.3) is 0 Å². The summed E-state index contributed by atoms with van der Waals surface area (Å²) in [7, 11) is -2.70. The van der Waals surface area contributed by atoms with Gasteiger partial charge >= 0.3 is 6.18 Å². The molecule has 34 heavy (non-hydrogen) atoms. The number of carbonyl (C=O) groups is 2. The predicted octanol–water partition coefficient (Wildman–Crippen LogP) is 2.17. The van der Waals surface area contributed by atoms with Gasteiger partial charge in [0.05, 0.1) is 17.7 Å². The van der Waals surface area contributed by atoms with Crippen LogP contribution in [0.2, 0.25) is 0 Å². The topological polar surface area (TPSA) is 131 Å². The molecule has 3 rings (SSSR count). The molecule has 14 heteroatoms. The molecule has 2 aromatic carbocycles. The number of aromatic nitrogens is 2. The number of para-hydroxylation sites is 2. The van der Waals surface area contributed by atoms with Crippen molar-refractivity contribution in [3.63, 3.8) is 0 Å². The number of benzene rings is 2. The van der Waals surface area contributed by atoms with Gasteiger partial charge in [0.2, 0.25) is 0 Å². The molecule has 3 N–H and O–H groups in total. The highest BCUT2D eigenvalue weighted by atomic mass is 32.2. The maximum absolute atomic E-state index is 12.7. The summed E-state index contributed by atoms with van der Waals surface area (Å²) in [5.41, 5.74) is 3.03. The summed E-state index contributed by atoms with van der Waals surface area (Å²) < 4.78 is 71.4. The molecule has 10 nitrogen and oxygen atoms in total. The Morgan fingerprint density at radius 2 is 1.79 bits per heavy atom. The maximum atomic E-state index is 12.7. The molecule has 0 aliphatic heterocycles. The number of amides is 2. The Morgan fingerprint density at radius 1 is 1.06 bits per heavy atom. The first kappa shape index (κ1) is 24.6. The monoisotopic (exact) mass is 497 g/mol. The molecular formula is C20H18F3N5O5S. The van der Waals surface area contributed by atoms with Crippen molar-refractivity contribution < 1.29 is 35.9 Å². The van der Waals surface area contributed by atoms with Gasteiger partial charge < -0.3 is 4.74 Å². The van der Waals surface area contributed by atoms with E-state index in [0.717, 1.165) is 16.9 Å². The Balaban J connectivity index is 1.64. The van der Waals surface area contributed by atoms with Crippen molar-refractivity contribution in [1.82, 2.24) is 20.6 Å². The quantitative estimate of drug-likeness (QED) is 0.429. The molecule has 0 unspecified atom stereocenters. The van der Waals surface area contributed by atoms with Crippen LogP contribution in [0.15, 0.2) is 65.7 Å². The third-order valence-corrected chi connectivity index (χ3v) is 5.67. The average Bonchev–Trinajstić information content (AvgIpc) is 3.27. The fourth-order valence-electron chi connectivity index (χ4n) is 2.72. The lowest BCUT2D eigenvalue weighted by atomic mass is 10.2. The van der Waals surface area contributed by atoms with Crippen molar-refractivity contribution in [3.05, 3.63) is 72.1 Å². The Labute approximate surface area is 191 Å². The Bertz CT molecular complexity index is 1310. The fraction of sp³-hybridized carbons (Fsp3) is 0.150. The number of hydrogen-bond donors (Lipinski definition) is 3. The molecule has 0 fully saturated rings. The van der Waals surface area contributed by atoms with E-state index in [-0.39, 0.29) is 16.1 Å². The number of hydrogen-bond acceptors (Lipinski definition) is 6. The van der Waals surface area contributed by atoms with Crippen LogP contribution in [0.4, 0.5) is 18.9 Å². The number of anilines is 1. The predicted molar refractivity (Wildman–Crippen MR) is 113 cm³/mol. The summed E-state index contributed by atoms with van der Waals surface area (Å²) in [6.07, 6.45) is -3.69. The van der Waals surface area contributed by atoms with Crippen molar-refractivity contribution >= 4 is 27.5 Å². The van der Waals surface area contributed by atoms with Gasteiger partial charge in [-0.1, -0.05) is 18.2 Å². The van der Waals surface area contributed by atoms with Gasteiger partial charge in [-0.05, 0) is 36.4 Å². The number of methoxy groups -OCH3 is 1. The average molecular weight is 497 g/mol. The molecule has 0 aliphatic carbocycles. The van der Waals surface area contributed by atoms with Gasteiger partial charge in [-0.25, -0.2) is 8.42 Å². The number of nitrogens with one attached hydrogen (secondary N) is 3. The van der Waals surface area contributed by atoms with Crippen LogP contribution in [-0.4, -0.2) is 37.1 Å². The molecule has 0 spiro atoms. The lowest BCUT2D eigenvalue weighted by Crippen LogP contribution is -2.43. The van der Waals surface area contributed by atoms with Crippen LogP contribution in [0.5, 0.6) is 5.75 Å². The first-order valence-electron chi connectivity index (χ1n) is 9.45. The van der Waals surface area contributed by atoms with Crippen LogP contribution in [0, 0.1) is 0 Å². The molecule has 0 bridgehead atoms.